The number of nitrogens with one attached hydrogen (secondary N) is 2. The number of allylic oxidation sites excluding steroid dienone is 2. The summed E-state index contributed by atoms with van der Waals surface area (Å²) in [6, 6.07) is 17.0. The van der Waals surface area contributed by atoms with Gasteiger partial charge < -0.3 is 15.7 Å². The third-order valence-corrected chi connectivity index (χ3v) is 7.57. The number of carbonyl (C=O) groups excluding carboxylic acids is 2. The Bertz CT molecular complexity index is 1240. The van der Waals surface area contributed by atoms with E-state index in [0.29, 0.717) is 23.7 Å². The van der Waals surface area contributed by atoms with Crippen LogP contribution in [0.25, 0.3) is 11.3 Å². The smallest absolute Gasteiger partial charge is 0.307 e. The van der Waals surface area contributed by atoms with E-state index in [0.717, 1.165) is 21.0 Å². The molecule has 1 aliphatic rings. The highest BCUT2D eigenvalue weighted by molar-refractivity contribution is 8.00. The van der Waals surface area contributed by atoms with Crippen molar-refractivity contribution < 1.29 is 19.5 Å². The number of carboxylic acid groups (broad SMARTS) is 1. The van der Waals surface area contributed by atoms with Crippen molar-refractivity contribution in [3.8, 4) is 11.3 Å². The lowest BCUT2D eigenvalue weighted by Crippen LogP contribution is -2.34. The summed E-state index contributed by atoms with van der Waals surface area (Å²) in [5, 5.41) is 15.6. The number of carboxylic acids is 1. The standard InChI is InChI=1S/C26H25N3O4S2/c1-16-23(17-7-3-2-4-8-17)29-26(35-16)28-22(30)15-34-19-13-11-18(12-14-19)27-24(31)20-9-5-6-10-21(20)25(32)33/h2-8,11-14,20-21H,9-10,15H2,1H3,(H,27,31)(H,32,33)(H,28,29,30). The zero-order valence-corrected chi connectivity index (χ0v) is 20.7. The Hall–Kier alpha value is -3.43. The normalized spacial score (nSPS) is 17.1. The maximum atomic E-state index is 12.6. The first-order valence-electron chi connectivity index (χ1n) is 11.1. The minimum Gasteiger partial charge on any atom is -0.481 e. The van der Waals surface area contributed by atoms with Crippen LogP contribution in [0.4, 0.5) is 10.8 Å². The number of aliphatic carboxylic acids is 1. The number of thioether (sulfide) groups is 1. The molecule has 2 aromatic carbocycles. The second kappa shape index (κ2) is 11.3. The van der Waals surface area contributed by atoms with Gasteiger partial charge in [0.15, 0.2) is 5.13 Å². The Balaban J connectivity index is 1.28. The average molecular weight is 508 g/mol. The fraction of sp³-hybridized carbons (Fsp3) is 0.231. The number of benzene rings is 2. The summed E-state index contributed by atoms with van der Waals surface area (Å²) in [5.74, 6) is -2.48. The number of amides is 2. The van der Waals surface area contributed by atoms with Crippen LogP contribution in [0.5, 0.6) is 0 Å². The molecule has 0 aliphatic heterocycles. The molecule has 0 spiro atoms. The van der Waals surface area contributed by atoms with Crippen LogP contribution in [0.1, 0.15) is 17.7 Å². The van der Waals surface area contributed by atoms with Gasteiger partial charge in [0.25, 0.3) is 0 Å². The number of thiazole rings is 1. The molecule has 1 aliphatic carbocycles. The van der Waals surface area contributed by atoms with Gasteiger partial charge >= 0.3 is 5.97 Å². The number of aryl methyl sites for hydroxylation is 1. The molecule has 1 aromatic heterocycles. The summed E-state index contributed by atoms with van der Waals surface area (Å²) < 4.78 is 0. The van der Waals surface area contributed by atoms with Gasteiger partial charge in [-0.1, -0.05) is 42.5 Å². The van der Waals surface area contributed by atoms with E-state index in [2.05, 4.69) is 15.6 Å². The van der Waals surface area contributed by atoms with Crippen molar-refractivity contribution in [2.24, 2.45) is 11.8 Å². The highest BCUT2D eigenvalue weighted by atomic mass is 32.2. The molecule has 9 heteroatoms. The number of aromatic nitrogens is 1. The Kier molecular flexibility index (Phi) is 7.99. The summed E-state index contributed by atoms with van der Waals surface area (Å²) in [6.07, 6.45) is 4.43. The van der Waals surface area contributed by atoms with Gasteiger partial charge in [-0.3, -0.25) is 14.4 Å². The topological polar surface area (TPSA) is 108 Å². The second-order valence-electron chi connectivity index (χ2n) is 8.13. The molecule has 2 atom stereocenters. The molecular formula is C26H25N3O4S2. The summed E-state index contributed by atoms with van der Waals surface area (Å²) in [6.45, 7) is 1.98. The predicted octanol–water partition coefficient (Wildman–Crippen LogP) is 5.45. The van der Waals surface area contributed by atoms with Crippen molar-refractivity contribution in [3.63, 3.8) is 0 Å². The van der Waals surface area contributed by atoms with Gasteiger partial charge in [0.1, 0.15) is 0 Å². The Morgan fingerprint density at radius 2 is 1.69 bits per heavy atom. The van der Waals surface area contributed by atoms with Crippen LogP contribution < -0.4 is 10.6 Å². The molecule has 180 valence electrons. The van der Waals surface area contributed by atoms with Crippen molar-refractivity contribution in [1.82, 2.24) is 4.98 Å². The van der Waals surface area contributed by atoms with E-state index >= 15 is 0 Å². The van der Waals surface area contributed by atoms with Crippen LogP contribution in [-0.2, 0) is 14.4 Å². The first kappa shape index (κ1) is 24.7. The summed E-state index contributed by atoms with van der Waals surface area (Å²) in [7, 11) is 0. The van der Waals surface area contributed by atoms with Crippen LogP contribution >= 0.6 is 23.1 Å². The van der Waals surface area contributed by atoms with E-state index < -0.39 is 17.8 Å². The average Bonchev–Trinajstić information content (AvgIpc) is 3.23. The van der Waals surface area contributed by atoms with Crippen LogP contribution in [0.15, 0.2) is 71.6 Å². The molecule has 1 heterocycles. The monoisotopic (exact) mass is 507 g/mol. The van der Waals surface area contributed by atoms with Gasteiger partial charge in [-0.05, 0) is 44.0 Å². The van der Waals surface area contributed by atoms with Crippen molar-refractivity contribution in [2.45, 2.75) is 24.7 Å². The number of hydrogen-bond acceptors (Lipinski definition) is 6. The first-order valence-corrected chi connectivity index (χ1v) is 12.9. The second-order valence-corrected chi connectivity index (χ2v) is 10.4. The number of rotatable bonds is 8. The number of nitrogens with zero attached hydrogens (tertiary/aromatic N) is 1. The van der Waals surface area contributed by atoms with Gasteiger partial charge in [0.05, 0.1) is 23.3 Å². The lowest BCUT2D eigenvalue weighted by Gasteiger charge is -2.24. The third kappa shape index (κ3) is 6.37. The SMILES string of the molecule is Cc1sc(NC(=O)CSc2ccc(NC(=O)C3CC=CCC3C(=O)O)cc2)nc1-c1ccccc1. The van der Waals surface area contributed by atoms with Gasteiger partial charge in [0, 0.05) is 21.0 Å². The molecule has 2 amide bonds. The molecule has 0 saturated carbocycles. The number of carbonyl (C=O) groups is 3. The molecular weight excluding hydrogens is 482 g/mol. The van der Waals surface area contributed by atoms with Crippen molar-refractivity contribution in [1.29, 1.82) is 0 Å². The number of hydrogen-bond donors (Lipinski definition) is 3. The Morgan fingerprint density at radius 1 is 1.00 bits per heavy atom. The van der Waals surface area contributed by atoms with E-state index in [4.69, 9.17) is 0 Å². The van der Waals surface area contributed by atoms with Crippen LogP contribution in [-0.4, -0.2) is 33.6 Å². The van der Waals surface area contributed by atoms with Gasteiger partial charge in [-0.15, -0.1) is 23.1 Å². The molecule has 0 radical (unpaired) electrons. The van der Waals surface area contributed by atoms with Crippen LogP contribution in [0.2, 0.25) is 0 Å². The molecule has 0 fully saturated rings. The summed E-state index contributed by atoms with van der Waals surface area (Å²) in [5.41, 5.74) is 2.48. The molecule has 0 saturated heterocycles. The van der Waals surface area contributed by atoms with Crippen molar-refractivity contribution >= 4 is 51.7 Å². The lowest BCUT2D eigenvalue weighted by atomic mass is 9.82. The van der Waals surface area contributed by atoms with Gasteiger partial charge in [0.2, 0.25) is 11.8 Å². The summed E-state index contributed by atoms with van der Waals surface area (Å²) >= 11 is 2.83. The van der Waals surface area contributed by atoms with Crippen LogP contribution in [0.3, 0.4) is 0 Å². The molecule has 35 heavy (non-hydrogen) atoms. The first-order chi connectivity index (χ1) is 16.9. The van der Waals surface area contributed by atoms with E-state index in [1.807, 2.05) is 61.5 Å². The van der Waals surface area contributed by atoms with E-state index in [9.17, 15) is 19.5 Å². The molecule has 3 aromatic rings. The lowest BCUT2D eigenvalue weighted by molar-refractivity contribution is -0.146. The van der Waals surface area contributed by atoms with Gasteiger partial charge in [-0.25, -0.2) is 4.98 Å². The molecule has 3 N–H and O–H groups in total. The van der Waals surface area contributed by atoms with Gasteiger partial charge in [-0.2, -0.15) is 0 Å². The third-order valence-electron chi connectivity index (χ3n) is 5.67. The highest BCUT2D eigenvalue weighted by Crippen LogP contribution is 2.31. The maximum absolute atomic E-state index is 12.6. The van der Waals surface area contributed by atoms with E-state index in [1.165, 1.54) is 23.1 Å². The minimum atomic E-state index is -0.955. The molecule has 7 nitrogen and oxygen atoms in total. The largest absolute Gasteiger partial charge is 0.481 e. The van der Waals surface area contributed by atoms with Crippen molar-refractivity contribution in [2.75, 3.05) is 16.4 Å². The highest BCUT2D eigenvalue weighted by Gasteiger charge is 2.33. The van der Waals surface area contributed by atoms with Crippen molar-refractivity contribution in [3.05, 3.63) is 71.6 Å². The minimum absolute atomic E-state index is 0.147. The van der Waals surface area contributed by atoms with E-state index in [-0.39, 0.29) is 17.6 Å². The Morgan fingerprint density at radius 3 is 2.37 bits per heavy atom. The molecule has 0 bridgehead atoms. The zero-order valence-electron chi connectivity index (χ0n) is 19.1. The fourth-order valence-electron chi connectivity index (χ4n) is 3.86. The zero-order chi connectivity index (χ0) is 24.8. The molecule has 4 rings (SSSR count). The quantitative estimate of drug-likeness (QED) is 0.276. The fourth-order valence-corrected chi connectivity index (χ4v) is 5.41. The maximum Gasteiger partial charge on any atom is 0.307 e. The predicted molar refractivity (Wildman–Crippen MR) is 140 cm³/mol. The summed E-state index contributed by atoms with van der Waals surface area (Å²) in [4.78, 5) is 43.0. The van der Waals surface area contributed by atoms with Crippen LogP contribution in [0, 0.1) is 18.8 Å². The number of anilines is 2. The molecule has 2 unspecified atom stereocenters. The Labute approximate surface area is 211 Å². The van der Waals surface area contributed by atoms with E-state index in [1.54, 1.807) is 12.1 Å².